The lowest BCUT2D eigenvalue weighted by atomic mass is 10.2. The second-order valence-corrected chi connectivity index (χ2v) is 6.31. The molecule has 24 heavy (non-hydrogen) atoms. The molecule has 0 saturated carbocycles. The summed E-state index contributed by atoms with van der Waals surface area (Å²) < 4.78 is 2.03. The summed E-state index contributed by atoms with van der Waals surface area (Å²) in [7, 11) is 0. The Morgan fingerprint density at radius 1 is 1.29 bits per heavy atom. The van der Waals surface area contributed by atoms with Gasteiger partial charge in [0, 0.05) is 29.3 Å². The fourth-order valence-corrected chi connectivity index (χ4v) is 2.98. The number of thiazole rings is 1. The third kappa shape index (κ3) is 5.09. The van der Waals surface area contributed by atoms with Crippen molar-refractivity contribution >= 4 is 57.8 Å². The van der Waals surface area contributed by atoms with Crippen molar-refractivity contribution in [3.8, 4) is 0 Å². The Labute approximate surface area is 167 Å². The molecule has 0 aliphatic rings. The molecule has 2 aromatic heterocycles. The predicted octanol–water partition coefficient (Wildman–Crippen LogP) is 3.92. The van der Waals surface area contributed by atoms with Crippen molar-refractivity contribution in [3.63, 3.8) is 0 Å². The minimum absolute atomic E-state index is 0. The number of nitrogens with one attached hydrogen (secondary N) is 2. The van der Waals surface area contributed by atoms with Crippen LogP contribution in [0.25, 0.3) is 4.96 Å². The predicted molar refractivity (Wildman–Crippen MR) is 112 cm³/mol. The first-order chi connectivity index (χ1) is 11.2. The van der Waals surface area contributed by atoms with Crippen LogP contribution in [0.4, 0.5) is 0 Å². The van der Waals surface area contributed by atoms with E-state index in [1.807, 2.05) is 53.4 Å². The highest BCUT2D eigenvalue weighted by molar-refractivity contribution is 14.0. The van der Waals surface area contributed by atoms with Crippen LogP contribution in [0.15, 0.2) is 47.0 Å². The Balaban J connectivity index is 0.00000208. The molecule has 8 heteroatoms. The van der Waals surface area contributed by atoms with Gasteiger partial charge in [0.2, 0.25) is 0 Å². The van der Waals surface area contributed by atoms with Gasteiger partial charge in [0.05, 0.1) is 18.8 Å². The number of rotatable bonds is 5. The molecular formula is C16H19ClIN5S. The molecule has 5 nitrogen and oxygen atoms in total. The van der Waals surface area contributed by atoms with Gasteiger partial charge in [-0.15, -0.1) is 35.3 Å². The van der Waals surface area contributed by atoms with E-state index < -0.39 is 0 Å². The minimum Gasteiger partial charge on any atom is -0.357 e. The fourth-order valence-electron chi connectivity index (χ4n) is 2.14. The van der Waals surface area contributed by atoms with Crippen molar-refractivity contribution in [1.29, 1.82) is 0 Å². The second-order valence-electron chi connectivity index (χ2n) is 5.00. The highest BCUT2D eigenvalue weighted by atomic mass is 127. The van der Waals surface area contributed by atoms with Gasteiger partial charge in [0.25, 0.3) is 0 Å². The third-order valence-electron chi connectivity index (χ3n) is 3.26. The third-order valence-corrected chi connectivity index (χ3v) is 4.28. The van der Waals surface area contributed by atoms with Crippen LogP contribution in [0, 0.1) is 0 Å². The number of halogens is 2. The summed E-state index contributed by atoms with van der Waals surface area (Å²) in [5.41, 5.74) is 2.11. The molecule has 0 atom stereocenters. The van der Waals surface area contributed by atoms with E-state index in [9.17, 15) is 0 Å². The number of nitrogens with zero attached hydrogens (tertiary/aromatic N) is 3. The quantitative estimate of drug-likeness (QED) is 0.334. The van der Waals surface area contributed by atoms with Crippen LogP contribution in [0.2, 0.25) is 5.02 Å². The summed E-state index contributed by atoms with van der Waals surface area (Å²) in [5, 5.41) is 9.32. The molecular weight excluding hydrogens is 457 g/mol. The normalized spacial score (nSPS) is 11.3. The highest BCUT2D eigenvalue weighted by Crippen LogP contribution is 2.11. The van der Waals surface area contributed by atoms with E-state index in [-0.39, 0.29) is 24.0 Å². The van der Waals surface area contributed by atoms with E-state index >= 15 is 0 Å². The number of hydrogen-bond acceptors (Lipinski definition) is 3. The van der Waals surface area contributed by atoms with Crippen molar-refractivity contribution in [2.75, 3.05) is 6.54 Å². The van der Waals surface area contributed by atoms with Crippen LogP contribution < -0.4 is 10.6 Å². The maximum Gasteiger partial charge on any atom is 0.193 e. The van der Waals surface area contributed by atoms with Gasteiger partial charge >= 0.3 is 0 Å². The van der Waals surface area contributed by atoms with Gasteiger partial charge in [-0.2, -0.15) is 0 Å². The zero-order valence-electron chi connectivity index (χ0n) is 13.2. The molecule has 3 rings (SSSR count). The van der Waals surface area contributed by atoms with Gasteiger partial charge in [0.1, 0.15) is 0 Å². The van der Waals surface area contributed by atoms with Gasteiger partial charge < -0.3 is 10.6 Å². The molecule has 0 radical (unpaired) electrons. The number of aromatic nitrogens is 2. The molecule has 2 heterocycles. The lowest BCUT2D eigenvalue weighted by Gasteiger charge is -2.10. The van der Waals surface area contributed by atoms with Crippen LogP contribution >= 0.6 is 46.9 Å². The van der Waals surface area contributed by atoms with Crippen molar-refractivity contribution in [2.45, 2.75) is 20.0 Å². The molecule has 0 saturated heterocycles. The Bertz CT molecular complexity index is 768. The SMILES string of the molecule is CCNC(=NCc1ccc(Cl)cc1)NCc1cn2ccsc2n1.I. The fraction of sp³-hybridized carbons (Fsp3) is 0.250. The van der Waals surface area contributed by atoms with Crippen molar-refractivity contribution in [3.05, 3.63) is 58.3 Å². The molecule has 0 fully saturated rings. The smallest absolute Gasteiger partial charge is 0.193 e. The molecule has 0 spiro atoms. The zero-order valence-corrected chi connectivity index (χ0v) is 17.1. The van der Waals surface area contributed by atoms with E-state index in [2.05, 4.69) is 20.6 Å². The molecule has 2 N–H and O–H groups in total. The van der Waals surface area contributed by atoms with Crippen LogP contribution in [-0.2, 0) is 13.1 Å². The maximum atomic E-state index is 5.90. The van der Waals surface area contributed by atoms with Crippen LogP contribution in [0.3, 0.4) is 0 Å². The number of aliphatic imine (C=N–C) groups is 1. The van der Waals surface area contributed by atoms with Crippen LogP contribution in [0.5, 0.6) is 0 Å². The minimum atomic E-state index is 0. The first-order valence-corrected chi connectivity index (χ1v) is 8.68. The second kappa shape index (κ2) is 9.24. The number of fused-ring (bicyclic) bond motifs is 1. The molecule has 0 aliphatic carbocycles. The number of hydrogen-bond donors (Lipinski definition) is 2. The van der Waals surface area contributed by atoms with Gasteiger partial charge in [-0.25, -0.2) is 9.98 Å². The monoisotopic (exact) mass is 475 g/mol. The summed E-state index contributed by atoms with van der Waals surface area (Å²) >= 11 is 7.53. The van der Waals surface area contributed by atoms with Crippen molar-refractivity contribution < 1.29 is 0 Å². The van der Waals surface area contributed by atoms with Crippen LogP contribution in [0.1, 0.15) is 18.2 Å². The molecule has 0 aliphatic heterocycles. The van der Waals surface area contributed by atoms with Gasteiger partial charge in [-0.1, -0.05) is 23.7 Å². The lowest BCUT2D eigenvalue weighted by molar-refractivity contribution is 0.804. The summed E-state index contributed by atoms with van der Waals surface area (Å²) in [6.07, 6.45) is 4.04. The number of guanidine groups is 1. The first kappa shape index (κ1) is 19.0. The van der Waals surface area contributed by atoms with Crippen molar-refractivity contribution in [1.82, 2.24) is 20.0 Å². The average Bonchev–Trinajstić information content (AvgIpc) is 3.13. The van der Waals surface area contributed by atoms with E-state index in [0.717, 1.165) is 33.7 Å². The Kier molecular flexibility index (Phi) is 7.32. The molecule has 128 valence electrons. The number of imidazole rings is 1. The van der Waals surface area contributed by atoms with E-state index in [1.54, 1.807) is 11.3 Å². The first-order valence-electron chi connectivity index (χ1n) is 7.42. The largest absolute Gasteiger partial charge is 0.357 e. The van der Waals surface area contributed by atoms with Crippen molar-refractivity contribution in [2.24, 2.45) is 4.99 Å². The van der Waals surface area contributed by atoms with Gasteiger partial charge in [0.15, 0.2) is 10.9 Å². The Hall–Kier alpha value is -1.32. The molecule has 0 amide bonds. The Morgan fingerprint density at radius 3 is 2.79 bits per heavy atom. The standard InChI is InChI=1S/C16H18ClN5S.HI/c1-2-18-15(19-9-12-3-5-13(17)6-4-12)20-10-14-11-22-7-8-23-16(22)21-14;/h3-8,11H,2,9-10H2,1H3,(H2,18,19,20);1H. The van der Waals surface area contributed by atoms with Gasteiger partial charge in [-0.05, 0) is 24.6 Å². The summed E-state index contributed by atoms with van der Waals surface area (Å²) in [4.78, 5) is 10.1. The molecule has 3 aromatic rings. The molecule has 0 unspecified atom stereocenters. The topological polar surface area (TPSA) is 53.7 Å². The van der Waals surface area contributed by atoms with E-state index in [0.29, 0.717) is 13.1 Å². The zero-order chi connectivity index (χ0) is 16.1. The van der Waals surface area contributed by atoms with Crippen LogP contribution in [-0.4, -0.2) is 21.9 Å². The average molecular weight is 476 g/mol. The van der Waals surface area contributed by atoms with E-state index in [1.165, 1.54) is 0 Å². The summed E-state index contributed by atoms with van der Waals surface area (Å²) in [6.45, 7) is 4.10. The highest BCUT2D eigenvalue weighted by Gasteiger charge is 2.04. The van der Waals surface area contributed by atoms with E-state index in [4.69, 9.17) is 11.6 Å². The molecule has 0 bridgehead atoms. The van der Waals surface area contributed by atoms with Gasteiger partial charge in [-0.3, -0.25) is 4.40 Å². The summed E-state index contributed by atoms with van der Waals surface area (Å²) in [6, 6.07) is 7.73. The maximum absolute atomic E-state index is 5.90. The molecule has 1 aromatic carbocycles. The lowest BCUT2D eigenvalue weighted by Crippen LogP contribution is -2.36. The Morgan fingerprint density at radius 2 is 2.08 bits per heavy atom. The summed E-state index contributed by atoms with van der Waals surface area (Å²) in [5.74, 6) is 0.777. The number of benzene rings is 1.